The minimum absolute atomic E-state index is 0.0989. The molecule has 1 atom stereocenters. The number of para-hydroxylation sites is 1. The minimum atomic E-state index is -0.974. The number of aromatic nitrogens is 4. The fourth-order valence-corrected chi connectivity index (χ4v) is 4.21. The zero-order valence-corrected chi connectivity index (χ0v) is 20.3. The Hall–Kier alpha value is -4.79. The van der Waals surface area contributed by atoms with Crippen LogP contribution in [-0.2, 0) is 29.1 Å². The van der Waals surface area contributed by atoms with Gasteiger partial charge in [0.25, 0.3) is 0 Å². The number of hydrogen-bond donors (Lipinski definition) is 1. The largest absolute Gasteiger partial charge is 0.467 e. The molecule has 2 aromatic carbocycles. The van der Waals surface area contributed by atoms with Gasteiger partial charge in [-0.1, -0.05) is 42.5 Å². The minimum Gasteiger partial charge on any atom is -0.467 e. The zero-order valence-electron chi connectivity index (χ0n) is 20.3. The molecule has 0 aliphatic carbocycles. The van der Waals surface area contributed by atoms with Crippen molar-refractivity contribution in [2.45, 2.75) is 32.5 Å². The van der Waals surface area contributed by atoms with Gasteiger partial charge in [-0.15, -0.1) is 5.10 Å². The molecule has 5 aromatic rings. The number of amides is 2. The molecule has 3 aromatic heterocycles. The van der Waals surface area contributed by atoms with Crippen molar-refractivity contribution in [2.75, 3.05) is 4.90 Å². The highest BCUT2D eigenvalue weighted by Gasteiger charge is 2.33. The Morgan fingerprint density at radius 1 is 1.03 bits per heavy atom. The van der Waals surface area contributed by atoms with E-state index in [1.165, 1.54) is 4.90 Å². The first-order valence-corrected chi connectivity index (χ1v) is 12.0. The lowest BCUT2D eigenvalue weighted by atomic mass is 10.0. The van der Waals surface area contributed by atoms with Crippen LogP contribution >= 0.6 is 0 Å². The molecule has 0 saturated carbocycles. The second-order valence-electron chi connectivity index (χ2n) is 8.51. The molecule has 9 nitrogen and oxygen atoms in total. The highest BCUT2D eigenvalue weighted by molar-refractivity contribution is 6.01. The number of hydrogen-bond acceptors (Lipinski definition) is 6. The van der Waals surface area contributed by atoms with E-state index >= 15 is 0 Å². The van der Waals surface area contributed by atoms with Gasteiger partial charge in [0, 0.05) is 23.6 Å². The maximum atomic E-state index is 14.0. The first-order valence-electron chi connectivity index (χ1n) is 12.0. The van der Waals surface area contributed by atoms with E-state index in [1.807, 2.05) is 48.5 Å². The van der Waals surface area contributed by atoms with E-state index in [0.29, 0.717) is 22.5 Å². The van der Waals surface area contributed by atoms with Crippen molar-refractivity contribution < 1.29 is 14.0 Å². The predicted molar refractivity (Wildman–Crippen MR) is 138 cm³/mol. The molecule has 9 heteroatoms. The zero-order chi connectivity index (χ0) is 25.6. The summed E-state index contributed by atoms with van der Waals surface area (Å²) in [7, 11) is 0. The van der Waals surface area contributed by atoms with E-state index in [4.69, 9.17) is 4.42 Å². The fourth-order valence-electron chi connectivity index (χ4n) is 4.21. The fraction of sp³-hybridized carbons (Fsp3) is 0.179. The maximum absolute atomic E-state index is 14.0. The smallest absolute Gasteiger partial charge is 0.249 e. The highest BCUT2D eigenvalue weighted by atomic mass is 16.3. The van der Waals surface area contributed by atoms with Gasteiger partial charge in [0.05, 0.1) is 18.3 Å². The van der Waals surface area contributed by atoms with Crippen molar-refractivity contribution >= 4 is 28.5 Å². The van der Waals surface area contributed by atoms with Crippen LogP contribution in [0.4, 0.5) is 5.69 Å². The molecule has 3 heterocycles. The molecule has 0 spiro atoms. The van der Waals surface area contributed by atoms with Gasteiger partial charge in [-0.05, 0) is 54.4 Å². The summed E-state index contributed by atoms with van der Waals surface area (Å²) in [4.78, 5) is 33.4. The van der Waals surface area contributed by atoms with E-state index in [0.717, 1.165) is 17.5 Å². The summed E-state index contributed by atoms with van der Waals surface area (Å²) in [5.41, 5.74) is 3.72. The van der Waals surface area contributed by atoms with Crippen LogP contribution in [-0.4, -0.2) is 31.8 Å². The lowest BCUT2D eigenvalue weighted by Gasteiger charge is -2.31. The predicted octanol–water partition coefficient (Wildman–Crippen LogP) is 4.07. The average Bonchev–Trinajstić information content (AvgIpc) is 3.61. The number of aryl methyl sites for hydroxylation is 1. The summed E-state index contributed by atoms with van der Waals surface area (Å²) < 4.78 is 6.92. The summed E-state index contributed by atoms with van der Waals surface area (Å²) in [6.07, 6.45) is 5.64. The first kappa shape index (κ1) is 23.9. The molecule has 0 aliphatic heterocycles. The molecular weight excluding hydrogens is 468 g/mol. The third-order valence-electron chi connectivity index (χ3n) is 6.12. The van der Waals surface area contributed by atoms with Crippen LogP contribution in [0.5, 0.6) is 0 Å². The van der Waals surface area contributed by atoms with Gasteiger partial charge in [0.15, 0.2) is 0 Å². The van der Waals surface area contributed by atoms with Crippen molar-refractivity contribution in [2.24, 2.45) is 0 Å². The van der Waals surface area contributed by atoms with E-state index in [9.17, 15) is 9.59 Å². The Bertz CT molecular complexity index is 1480. The summed E-state index contributed by atoms with van der Waals surface area (Å²) >= 11 is 0. The molecule has 37 heavy (non-hydrogen) atoms. The molecular formula is C28H26N6O3. The summed E-state index contributed by atoms with van der Waals surface area (Å²) in [5.74, 6) is -0.0692. The van der Waals surface area contributed by atoms with Crippen LogP contribution in [0, 0.1) is 0 Å². The molecule has 0 bridgehead atoms. The van der Waals surface area contributed by atoms with E-state index < -0.39 is 6.04 Å². The normalized spacial score (nSPS) is 11.8. The van der Waals surface area contributed by atoms with Crippen LogP contribution < -0.4 is 10.2 Å². The maximum Gasteiger partial charge on any atom is 0.249 e. The monoisotopic (exact) mass is 494 g/mol. The van der Waals surface area contributed by atoms with Gasteiger partial charge in [-0.3, -0.25) is 19.5 Å². The molecule has 1 N–H and O–H groups in total. The van der Waals surface area contributed by atoms with Gasteiger partial charge in [0.2, 0.25) is 11.8 Å². The molecule has 0 aliphatic rings. The second-order valence-corrected chi connectivity index (χ2v) is 8.51. The molecule has 1 unspecified atom stereocenters. The number of benzene rings is 2. The van der Waals surface area contributed by atoms with Crippen molar-refractivity contribution in [3.05, 3.63) is 108 Å². The molecule has 0 radical (unpaired) electrons. The van der Waals surface area contributed by atoms with Crippen LogP contribution in [0.1, 0.15) is 29.9 Å². The number of furan rings is 1. The number of rotatable bonds is 9. The van der Waals surface area contributed by atoms with Crippen LogP contribution in [0.25, 0.3) is 11.0 Å². The van der Waals surface area contributed by atoms with Crippen LogP contribution in [0.15, 0.2) is 95.9 Å². The molecule has 0 fully saturated rings. The molecule has 5 rings (SSSR count). The van der Waals surface area contributed by atoms with Crippen LogP contribution in [0.3, 0.4) is 0 Å². The standard InChI is InChI=1S/C28H26N6O3/c1-2-20-11-13-22(14-12-20)34(26(35)19-33-25-10-4-3-9-24(25)31-32-33)27(21-7-5-15-29-17-21)28(36)30-18-23-8-6-16-37-23/h3-17,27H,2,18-19H2,1H3,(H,30,36). The quantitative estimate of drug-likeness (QED) is 0.331. The Kier molecular flexibility index (Phi) is 7.02. The van der Waals surface area contributed by atoms with Crippen molar-refractivity contribution in [3.63, 3.8) is 0 Å². The SMILES string of the molecule is CCc1ccc(N(C(=O)Cn2nnc3ccccc32)C(C(=O)NCc2ccco2)c2cccnc2)cc1. The summed E-state index contributed by atoms with van der Waals surface area (Å²) in [6.45, 7) is 2.15. The van der Waals surface area contributed by atoms with Gasteiger partial charge in [0.1, 0.15) is 23.9 Å². The first-order chi connectivity index (χ1) is 18.1. The summed E-state index contributed by atoms with van der Waals surface area (Å²) in [6, 6.07) is 21.2. The lowest BCUT2D eigenvalue weighted by Crippen LogP contribution is -2.45. The lowest BCUT2D eigenvalue weighted by molar-refractivity contribution is -0.127. The topological polar surface area (TPSA) is 106 Å². The van der Waals surface area contributed by atoms with Crippen LogP contribution in [0.2, 0.25) is 0 Å². The number of carbonyl (C=O) groups excluding carboxylic acids is 2. The number of nitrogens with one attached hydrogen (secondary N) is 1. The van der Waals surface area contributed by atoms with E-state index in [2.05, 4.69) is 27.5 Å². The third-order valence-corrected chi connectivity index (χ3v) is 6.12. The van der Waals surface area contributed by atoms with E-state index in [1.54, 1.807) is 47.6 Å². The van der Waals surface area contributed by atoms with Gasteiger partial charge in [-0.25, -0.2) is 4.68 Å². The third kappa shape index (κ3) is 5.25. The molecule has 186 valence electrons. The van der Waals surface area contributed by atoms with Gasteiger partial charge >= 0.3 is 0 Å². The Balaban J connectivity index is 1.54. The molecule has 2 amide bonds. The Labute approximate surface area is 213 Å². The Morgan fingerprint density at radius 2 is 1.86 bits per heavy atom. The number of anilines is 1. The second kappa shape index (κ2) is 10.9. The van der Waals surface area contributed by atoms with Crippen molar-refractivity contribution in [1.82, 2.24) is 25.3 Å². The van der Waals surface area contributed by atoms with Crippen molar-refractivity contribution in [3.8, 4) is 0 Å². The number of carbonyl (C=O) groups is 2. The molecule has 0 saturated heterocycles. The number of fused-ring (bicyclic) bond motifs is 1. The number of pyridine rings is 1. The van der Waals surface area contributed by atoms with Gasteiger partial charge < -0.3 is 9.73 Å². The summed E-state index contributed by atoms with van der Waals surface area (Å²) in [5, 5.41) is 11.3. The number of nitrogens with zero attached hydrogens (tertiary/aromatic N) is 5. The average molecular weight is 495 g/mol. The van der Waals surface area contributed by atoms with E-state index in [-0.39, 0.29) is 24.9 Å². The Morgan fingerprint density at radius 3 is 2.59 bits per heavy atom. The van der Waals surface area contributed by atoms with Crippen molar-refractivity contribution in [1.29, 1.82) is 0 Å². The highest BCUT2D eigenvalue weighted by Crippen LogP contribution is 2.29. The van der Waals surface area contributed by atoms with Gasteiger partial charge in [-0.2, -0.15) is 0 Å².